The monoisotopic (exact) mass is 669 g/mol. The second-order valence-electron chi connectivity index (χ2n) is 13.0. The molecule has 2 aliphatic heterocycles. The van der Waals surface area contributed by atoms with Crippen LogP contribution in [0.25, 0.3) is 43.8 Å². The van der Waals surface area contributed by atoms with Gasteiger partial charge in [0.1, 0.15) is 11.0 Å². The van der Waals surface area contributed by atoms with E-state index in [1.807, 2.05) is 30.3 Å². The Morgan fingerprint density at radius 1 is 1.19 bits per heavy atom. The number of anilines is 1. The highest BCUT2D eigenvalue weighted by atomic mass is 35.5. The van der Waals surface area contributed by atoms with Crippen LogP contribution in [0.3, 0.4) is 0 Å². The van der Waals surface area contributed by atoms with Crippen molar-refractivity contribution < 1.29 is 9.18 Å². The lowest BCUT2D eigenvalue weighted by molar-refractivity contribution is -0.130. The Morgan fingerprint density at radius 3 is 2.64 bits per heavy atom. The van der Waals surface area contributed by atoms with Crippen LogP contribution in [0.2, 0.25) is 10.0 Å². The van der Waals surface area contributed by atoms with Gasteiger partial charge in [-0.2, -0.15) is 5.26 Å². The van der Waals surface area contributed by atoms with Crippen molar-refractivity contribution in [3.63, 3.8) is 0 Å². The second kappa shape index (κ2) is 11.8. The highest BCUT2D eigenvalue weighted by molar-refractivity contribution is 6.38. The number of nitriles is 1. The van der Waals surface area contributed by atoms with E-state index < -0.39 is 5.82 Å². The van der Waals surface area contributed by atoms with Gasteiger partial charge in [0, 0.05) is 53.1 Å². The molecule has 0 saturated carbocycles. The molecule has 2 aromatic heterocycles. The van der Waals surface area contributed by atoms with Crippen molar-refractivity contribution in [3.05, 3.63) is 77.3 Å². The van der Waals surface area contributed by atoms with E-state index in [0.717, 1.165) is 16.3 Å². The number of hydrogen-bond donors (Lipinski definition) is 0. The molecule has 1 unspecified atom stereocenters. The fourth-order valence-electron chi connectivity index (χ4n) is 7.29. The van der Waals surface area contributed by atoms with E-state index in [-0.39, 0.29) is 46.1 Å². The number of likely N-dealkylation sites (N-methyl/N-ethyl adjacent to an activating group) is 1. The molecule has 11 heteroatoms. The fraction of sp³-hybridized carbons (Fsp3) is 0.333. The van der Waals surface area contributed by atoms with Crippen molar-refractivity contribution in [2.45, 2.75) is 43.8 Å². The van der Waals surface area contributed by atoms with Crippen LogP contribution >= 0.6 is 23.2 Å². The maximum absolute atomic E-state index is 17.1. The van der Waals surface area contributed by atoms with Crippen molar-refractivity contribution in [1.82, 2.24) is 24.3 Å². The van der Waals surface area contributed by atoms with Crippen LogP contribution in [0.4, 0.5) is 10.2 Å². The topological polar surface area (TPSA) is 81.3 Å². The molecule has 0 spiro atoms. The lowest BCUT2D eigenvalue weighted by Gasteiger charge is -2.52. The highest BCUT2D eigenvalue weighted by Gasteiger charge is 2.43. The molecule has 240 valence electrons. The summed E-state index contributed by atoms with van der Waals surface area (Å²) in [6.07, 6.45) is 4.46. The molecule has 2 fully saturated rings. The van der Waals surface area contributed by atoms with Crippen LogP contribution < -0.4 is 4.90 Å². The third kappa shape index (κ3) is 5.02. The molecule has 0 bridgehead atoms. The summed E-state index contributed by atoms with van der Waals surface area (Å²) in [5.41, 5.74) is 2.37. The number of amides is 1. The van der Waals surface area contributed by atoms with Gasteiger partial charge in [-0.1, -0.05) is 60.1 Å². The first-order valence-electron chi connectivity index (χ1n) is 15.6. The molecular formula is C36H34Cl2FN7O. The van der Waals surface area contributed by atoms with Gasteiger partial charge in [-0.25, -0.2) is 14.4 Å². The Kier molecular flexibility index (Phi) is 7.86. The van der Waals surface area contributed by atoms with Crippen molar-refractivity contribution in [1.29, 1.82) is 5.26 Å². The number of aromatic nitrogens is 3. The molecule has 4 heterocycles. The minimum absolute atomic E-state index is 0.0655. The molecule has 5 aromatic rings. The van der Waals surface area contributed by atoms with Gasteiger partial charge in [-0.05, 0) is 63.0 Å². The first-order chi connectivity index (χ1) is 22.6. The van der Waals surface area contributed by atoms with Crippen molar-refractivity contribution >= 4 is 67.6 Å². The third-order valence-electron chi connectivity index (χ3n) is 10.1. The number of fused-ring (bicyclic) bond motifs is 4. The summed E-state index contributed by atoms with van der Waals surface area (Å²) in [5.74, 6) is -0.102. The zero-order valence-electron chi connectivity index (χ0n) is 26.5. The summed E-state index contributed by atoms with van der Waals surface area (Å²) >= 11 is 13.7. The van der Waals surface area contributed by atoms with Crippen LogP contribution in [-0.2, 0) is 4.79 Å². The normalized spacial score (nSPS) is 19.4. The summed E-state index contributed by atoms with van der Waals surface area (Å²) in [5, 5.41) is 12.5. The van der Waals surface area contributed by atoms with E-state index in [9.17, 15) is 10.1 Å². The van der Waals surface area contributed by atoms with Crippen LogP contribution in [0.15, 0.2) is 61.4 Å². The lowest BCUT2D eigenvalue weighted by atomic mass is 9.90. The number of pyridine rings is 1. The van der Waals surface area contributed by atoms with E-state index >= 15 is 4.39 Å². The summed E-state index contributed by atoms with van der Waals surface area (Å²) in [4.78, 5) is 28.5. The first-order valence-corrected chi connectivity index (χ1v) is 16.4. The average Bonchev–Trinajstić information content (AvgIpc) is 3.49. The number of carbonyl (C=O) groups excluding carboxylic acids is 1. The maximum Gasteiger partial charge on any atom is 0.246 e. The number of halogens is 3. The highest BCUT2D eigenvalue weighted by Crippen LogP contribution is 2.45. The Labute approximate surface area is 282 Å². The number of benzene rings is 3. The lowest BCUT2D eigenvalue weighted by Crippen LogP contribution is -2.67. The number of hydrogen-bond acceptors (Lipinski definition) is 6. The van der Waals surface area contributed by atoms with Gasteiger partial charge in [-0.15, -0.1) is 0 Å². The van der Waals surface area contributed by atoms with Gasteiger partial charge in [0.05, 0.1) is 34.9 Å². The number of piperidine rings is 1. The Balaban J connectivity index is 1.45. The molecule has 7 rings (SSSR count). The Hall–Kier alpha value is -4.23. The second-order valence-corrected chi connectivity index (χ2v) is 13.9. The number of likely N-dealkylation sites (tertiary alicyclic amines) is 1. The van der Waals surface area contributed by atoms with E-state index in [1.165, 1.54) is 6.08 Å². The van der Waals surface area contributed by atoms with Crippen LogP contribution in [0, 0.1) is 17.1 Å². The van der Waals surface area contributed by atoms with Gasteiger partial charge in [0.15, 0.2) is 11.6 Å². The molecule has 8 nitrogen and oxygen atoms in total. The molecule has 0 N–H and O–H groups in total. The predicted molar refractivity (Wildman–Crippen MR) is 186 cm³/mol. The van der Waals surface area contributed by atoms with Gasteiger partial charge >= 0.3 is 0 Å². The van der Waals surface area contributed by atoms with Gasteiger partial charge in [-0.3, -0.25) is 4.79 Å². The molecule has 2 aliphatic rings. The smallest absolute Gasteiger partial charge is 0.246 e. The summed E-state index contributed by atoms with van der Waals surface area (Å²) < 4.78 is 19.2. The number of rotatable bonds is 6. The Morgan fingerprint density at radius 2 is 1.94 bits per heavy atom. The minimum Gasteiger partial charge on any atom is -0.351 e. The molecule has 3 aromatic carbocycles. The molecule has 2 saturated heterocycles. The van der Waals surface area contributed by atoms with E-state index in [4.69, 9.17) is 33.2 Å². The molecule has 1 amide bonds. The first kappa shape index (κ1) is 31.4. The van der Waals surface area contributed by atoms with Crippen molar-refractivity contribution in [2.24, 2.45) is 0 Å². The number of carbonyl (C=O) groups is 1. The van der Waals surface area contributed by atoms with E-state index in [0.29, 0.717) is 59.8 Å². The maximum atomic E-state index is 17.1. The summed E-state index contributed by atoms with van der Waals surface area (Å²) in [7, 11) is 4.11. The molecule has 0 aliphatic carbocycles. The van der Waals surface area contributed by atoms with Crippen molar-refractivity contribution in [2.75, 3.05) is 38.6 Å². The number of imidazole rings is 1. The van der Waals surface area contributed by atoms with Gasteiger partial charge < -0.3 is 19.3 Å². The van der Waals surface area contributed by atoms with Crippen LogP contribution in [0.5, 0.6) is 0 Å². The minimum atomic E-state index is -0.527. The SMILES string of the molecule is C=CC(=O)N1CCC(n2cnc3c(N4CC(C)(N(C)C)C4)nc4c(F)c(-c5cccc6cccc(Cl)c56)c(Cl)cc4c32)C[C@H]1CC#N. The van der Waals surface area contributed by atoms with Gasteiger partial charge in [0.25, 0.3) is 0 Å². The molecular weight excluding hydrogens is 636 g/mol. The molecule has 47 heavy (non-hydrogen) atoms. The van der Waals surface area contributed by atoms with Gasteiger partial charge in [0.2, 0.25) is 5.91 Å². The van der Waals surface area contributed by atoms with Crippen LogP contribution in [0.1, 0.15) is 32.2 Å². The number of nitrogens with zero attached hydrogens (tertiary/aromatic N) is 7. The zero-order valence-corrected chi connectivity index (χ0v) is 28.0. The zero-order chi connectivity index (χ0) is 33.2. The Bertz CT molecular complexity index is 2130. The van der Waals surface area contributed by atoms with Crippen LogP contribution in [-0.4, -0.2) is 75.6 Å². The average molecular weight is 671 g/mol. The van der Waals surface area contributed by atoms with E-state index in [2.05, 4.69) is 48.0 Å². The van der Waals surface area contributed by atoms with Crippen molar-refractivity contribution in [3.8, 4) is 17.2 Å². The molecule has 0 radical (unpaired) electrons. The van der Waals surface area contributed by atoms with E-state index in [1.54, 1.807) is 23.4 Å². The fourth-order valence-corrected chi connectivity index (χ4v) is 7.87. The quantitative estimate of drug-likeness (QED) is 0.173. The largest absolute Gasteiger partial charge is 0.351 e. The third-order valence-corrected chi connectivity index (χ3v) is 10.7. The standard InChI is InChI=1S/C36H34Cl2FN7O/c1-5-28(47)45-15-13-23(16-22(45)12-14-40)46-20-41-33-34(46)25-17-27(38)30(24-10-6-8-21-9-7-11-26(37)29(21)24)31(39)32(25)42-35(33)44-18-36(2,19-44)43(3)4/h5-11,17,20,22-23H,1,12-13,15-16,18-19H2,2-4H3/t22-,23?/m1/s1. The summed E-state index contributed by atoms with van der Waals surface area (Å²) in [6.45, 7) is 7.70. The summed E-state index contributed by atoms with van der Waals surface area (Å²) in [6, 6.07) is 14.9. The molecule has 2 atom stereocenters. The predicted octanol–water partition coefficient (Wildman–Crippen LogP) is 7.62.